The Morgan fingerprint density at radius 3 is 2.55 bits per heavy atom. The molecule has 4 rings (SSSR count). The zero-order valence-electron chi connectivity index (χ0n) is 23.4. The minimum absolute atomic E-state index is 0. The van der Waals surface area contributed by atoms with Gasteiger partial charge in [-0.15, -0.1) is 0 Å². The highest BCUT2D eigenvalue weighted by atomic mass is 127. The predicted octanol–water partition coefficient (Wildman–Crippen LogP) is -1.53. The normalized spacial score (nSPS) is 20.7. The summed E-state index contributed by atoms with van der Waals surface area (Å²) in [5, 5.41) is 13.6. The van der Waals surface area contributed by atoms with Crippen LogP contribution in [0.5, 0.6) is 0 Å². The molecule has 3 amide bonds. The Labute approximate surface area is 268 Å². The second kappa shape index (κ2) is 14.1. The zero-order chi connectivity index (χ0) is 30.0. The van der Waals surface area contributed by atoms with E-state index in [4.69, 9.17) is 15.2 Å². The number of esters is 1. The van der Waals surface area contributed by atoms with Gasteiger partial charge in [0.25, 0.3) is 6.33 Å². The van der Waals surface area contributed by atoms with Crippen LogP contribution in [0.25, 0.3) is 10.4 Å². The van der Waals surface area contributed by atoms with E-state index in [-0.39, 0.29) is 67.2 Å². The lowest BCUT2D eigenvalue weighted by Gasteiger charge is -2.46. The van der Waals surface area contributed by atoms with Crippen LogP contribution in [0.1, 0.15) is 25.1 Å². The predicted molar refractivity (Wildman–Crippen MR) is 153 cm³/mol. The molecule has 1 saturated heterocycles. The molecule has 1 fully saturated rings. The number of hydrogen-bond donors (Lipinski definition) is 3. The van der Waals surface area contributed by atoms with Gasteiger partial charge in [-0.05, 0) is 13.2 Å². The molecule has 4 N–H and O–H groups in total. The van der Waals surface area contributed by atoms with Gasteiger partial charge in [-0.3, -0.25) is 9.59 Å². The second-order valence-electron chi connectivity index (χ2n) is 9.80. The van der Waals surface area contributed by atoms with Gasteiger partial charge in [-0.1, -0.05) is 55.3 Å². The molecule has 2 aliphatic heterocycles. The maximum Gasteiger partial charge on any atom is 0.408 e. The monoisotopic (exact) mass is 731 g/mol. The number of carbonyl (C=O) groups is 4. The minimum Gasteiger partial charge on any atom is -1.00 e. The van der Waals surface area contributed by atoms with Gasteiger partial charge < -0.3 is 54.5 Å². The van der Waals surface area contributed by atoms with Gasteiger partial charge in [-0.2, -0.15) is 4.40 Å². The number of fused-ring (bicyclic) bond motifs is 2. The number of aliphatic hydroxyl groups excluding tert-OH is 1. The summed E-state index contributed by atoms with van der Waals surface area (Å²) in [6, 6.07) is -1.27. The minimum atomic E-state index is -0.930. The van der Waals surface area contributed by atoms with E-state index in [0.717, 1.165) is 14.7 Å². The van der Waals surface area contributed by atoms with Gasteiger partial charge in [0.15, 0.2) is 0 Å². The summed E-state index contributed by atoms with van der Waals surface area (Å²) in [7, 11) is 0. The molecule has 2 aromatic rings. The number of nitrogens with two attached hydrogens (primary N) is 1. The third-order valence-corrected chi connectivity index (χ3v) is 9.27. The average molecular weight is 732 g/mol. The summed E-state index contributed by atoms with van der Waals surface area (Å²) in [4.78, 5) is 53.1. The number of primary amides is 1. The maximum absolute atomic E-state index is 13.1. The number of thioether (sulfide) groups is 1. The number of nitrogens with zero attached hydrogens (tertiary/aromatic N) is 3. The number of imidazole rings is 1. The number of ether oxygens (including phenoxy) is 2. The zero-order valence-corrected chi connectivity index (χ0v) is 27.2. The number of β-lactam (4-membered cyclic amide) rings is 1. The van der Waals surface area contributed by atoms with Crippen molar-refractivity contribution in [2.45, 2.75) is 50.0 Å². The molecule has 2 aromatic heterocycles. The molecule has 4 heterocycles. The van der Waals surface area contributed by atoms with Gasteiger partial charge >= 0.3 is 12.1 Å². The maximum atomic E-state index is 13.1. The molecule has 228 valence electrons. The summed E-state index contributed by atoms with van der Waals surface area (Å²) in [5.74, 6) is -2.39. The molecule has 0 bridgehead atoms. The first-order chi connectivity index (χ1) is 19.5. The second-order valence-corrected chi connectivity index (χ2v) is 11.6. The summed E-state index contributed by atoms with van der Waals surface area (Å²) < 4.78 is 14.1. The van der Waals surface area contributed by atoms with Crippen molar-refractivity contribution in [3.63, 3.8) is 0 Å². The molecule has 2 aliphatic rings. The number of amides is 3. The van der Waals surface area contributed by atoms with Crippen LogP contribution >= 0.6 is 23.1 Å². The van der Waals surface area contributed by atoms with Crippen LogP contribution in [0.4, 0.5) is 4.79 Å². The number of nitrogens with one attached hydrogen (secondary N) is 1. The Morgan fingerprint density at radius 2 is 1.95 bits per heavy atom. The number of rotatable bonds is 13. The third-order valence-electron chi connectivity index (χ3n) is 7.19. The van der Waals surface area contributed by atoms with E-state index in [1.165, 1.54) is 40.2 Å². The fourth-order valence-electron chi connectivity index (χ4n) is 5.38. The Balaban J connectivity index is 0.00000484. The number of carbonyl (C=O) groups excluding carboxylic acids is 4. The van der Waals surface area contributed by atoms with Crippen LogP contribution in [-0.4, -0.2) is 75.9 Å². The molecule has 5 atom stereocenters. The Morgan fingerprint density at radius 1 is 1.29 bits per heavy atom. The van der Waals surface area contributed by atoms with E-state index < -0.39 is 36.0 Å². The fourth-order valence-corrected chi connectivity index (χ4v) is 7.59. The van der Waals surface area contributed by atoms with Gasteiger partial charge in [0.1, 0.15) is 31.1 Å². The van der Waals surface area contributed by atoms with E-state index >= 15 is 0 Å². The van der Waals surface area contributed by atoms with Crippen LogP contribution in [0.15, 0.2) is 48.6 Å². The SMILES string of the molecule is C=CCOC(=O)NC(CC[n+]1cn2cc(C3=C(C(=O)OCC=C)N4C(=O)[C@H]([C@@H](C)O)[C@H]4[C@H]3C)sc2c1SC)C(N)=O.[I-]. The molecule has 0 spiro atoms. The number of aliphatic hydroxyl groups is 1. The first-order valence-corrected chi connectivity index (χ1v) is 15.0. The molecular formula is C27H34IN5O7S2. The molecule has 0 aromatic carbocycles. The lowest BCUT2D eigenvalue weighted by Crippen LogP contribution is -3.00. The van der Waals surface area contributed by atoms with Crippen LogP contribution in [-0.2, 0) is 30.4 Å². The van der Waals surface area contributed by atoms with Gasteiger partial charge in [0.2, 0.25) is 21.7 Å². The summed E-state index contributed by atoms with van der Waals surface area (Å²) in [6.45, 7) is 11.0. The van der Waals surface area contributed by atoms with E-state index in [2.05, 4.69) is 18.5 Å². The van der Waals surface area contributed by atoms with Crippen LogP contribution < -0.4 is 39.6 Å². The highest BCUT2D eigenvalue weighted by Crippen LogP contribution is 2.52. The molecule has 0 aliphatic carbocycles. The Bertz CT molecular complexity index is 1440. The molecule has 15 heteroatoms. The van der Waals surface area contributed by atoms with Crippen molar-refractivity contribution in [2.24, 2.45) is 17.6 Å². The van der Waals surface area contributed by atoms with E-state index in [1.807, 2.05) is 34.7 Å². The smallest absolute Gasteiger partial charge is 0.408 e. The number of thiazole rings is 1. The van der Waals surface area contributed by atoms with Gasteiger partial charge in [-0.25, -0.2) is 14.2 Å². The first-order valence-electron chi connectivity index (χ1n) is 13.0. The van der Waals surface area contributed by atoms with Crippen molar-refractivity contribution < 1.29 is 62.3 Å². The Hall–Kier alpha value is -2.89. The van der Waals surface area contributed by atoms with Crippen molar-refractivity contribution in [3.05, 3.63) is 48.4 Å². The Kier molecular flexibility index (Phi) is 11.2. The van der Waals surface area contributed by atoms with Gasteiger partial charge in [0.05, 0.1) is 29.5 Å². The molecule has 0 saturated carbocycles. The first kappa shape index (κ1) is 33.6. The van der Waals surface area contributed by atoms with Crippen LogP contribution in [0.2, 0.25) is 0 Å². The lowest BCUT2D eigenvalue weighted by molar-refractivity contribution is -0.730. The average Bonchev–Trinajstić information content (AvgIpc) is 3.54. The summed E-state index contributed by atoms with van der Waals surface area (Å²) in [6.07, 6.45) is 7.20. The highest BCUT2D eigenvalue weighted by Gasteiger charge is 2.60. The highest BCUT2D eigenvalue weighted by molar-refractivity contribution is 7.98. The van der Waals surface area contributed by atoms with E-state index in [0.29, 0.717) is 12.1 Å². The number of halogens is 1. The van der Waals surface area contributed by atoms with Crippen molar-refractivity contribution in [3.8, 4) is 0 Å². The fraction of sp³-hybridized carbons (Fsp3) is 0.444. The standard InChI is InChI=1S/C27H33N5O7S2.HI/c1-6-10-38-26(36)21-18(14(3)20-19(15(4)33)23(35)32(20)21)17-12-31-13-30(24(40-5)25(31)41-17)9-8-16(22(28)34)29-27(37)39-11-7-2;/h6-7,12-16,19-20,33H,1-2,8-11H2,3-5H3,(H2-,28,29,34,37);1H/t14-,15+,16?,19+,20+;/m0./s1. The quantitative estimate of drug-likeness (QED) is 0.0560. The summed E-state index contributed by atoms with van der Waals surface area (Å²) >= 11 is 2.97. The lowest BCUT2D eigenvalue weighted by atomic mass is 9.77. The van der Waals surface area contributed by atoms with Crippen molar-refractivity contribution in [1.82, 2.24) is 14.6 Å². The largest absolute Gasteiger partial charge is 1.00 e. The third kappa shape index (κ3) is 6.23. The van der Waals surface area contributed by atoms with Crippen molar-refractivity contribution in [1.29, 1.82) is 0 Å². The molecular weight excluding hydrogens is 697 g/mol. The van der Waals surface area contributed by atoms with Crippen LogP contribution in [0.3, 0.4) is 0 Å². The number of hydrogen-bond acceptors (Lipinski definition) is 9. The van der Waals surface area contributed by atoms with E-state index in [9.17, 15) is 24.3 Å². The molecule has 12 nitrogen and oxygen atoms in total. The molecule has 0 radical (unpaired) electrons. The number of aryl methyl sites for hydroxylation is 1. The molecule has 1 unspecified atom stereocenters. The summed E-state index contributed by atoms with van der Waals surface area (Å²) in [5.41, 5.74) is 6.40. The molecule has 42 heavy (non-hydrogen) atoms. The van der Waals surface area contributed by atoms with Crippen molar-refractivity contribution >= 4 is 57.4 Å². The van der Waals surface area contributed by atoms with Crippen molar-refractivity contribution in [2.75, 3.05) is 19.5 Å². The van der Waals surface area contributed by atoms with Gasteiger partial charge in [0, 0.05) is 17.9 Å². The number of alkyl carbamates (subject to hydrolysis) is 1. The van der Waals surface area contributed by atoms with Crippen LogP contribution in [0, 0.1) is 11.8 Å². The van der Waals surface area contributed by atoms with E-state index in [1.54, 1.807) is 6.92 Å². The number of aromatic nitrogens is 2. The topological polar surface area (TPSA) is 157 Å².